The minimum atomic E-state index is -0.578. The highest BCUT2D eigenvalue weighted by Crippen LogP contribution is 2.33. The third-order valence-corrected chi connectivity index (χ3v) is 5.91. The van der Waals surface area contributed by atoms with Gasteiger partial charge in [0, 0.05) is 0 Å². The lowest BCUT2D eigenvalue weighted by Gasteiger charge is -2.28. The predicted molar refractivity (Wildman–Crippen MR) is 116 cm³/mol. The van der Waals surface area contributed by atoms with Crippen LogP contribution in [0.4, 0.5) is 4.39 Å². The van der Waals surface area contributed by atoms with Crippen LogP contribution in [0.25, 0.3) is 0 Å². The van der Waals surface area contributed by atoms with E-state index in [9.17, 15) is 14.0 Å². The van der Waals surface area contributed by atoms with Gasteiger partial charge >= 0.3 is 11.9 Å². The number of hydrogen-bond donors (Lipinski definition) is 0. The predicted octanol–water partition coefficient (Wildman–Crippen LogP) is 6.61. The normalized spacial score (nSPS) is 18.7. The van der Waals surface area contributed by atoms with Crippen molar-refractivity contribution in [3.8, 4) is 5.75 Å². The summed E-state index contributed by atoms with van der Waals surface area (Å²) in [7, 11) is 0. The molecule has 2 unspecified atom stereocenters. The zero-order chi connectivity index (χ0) is 21.6. The van der Waals surface area contributed by atoms with Gasteiger partial charge in [-0.25, -0.2) is 4.39 Å². The second-order valence-electron chi connectivity index (χ2n) is 8.34. The van der Waals surface area contributed by atoms with E-state index in [4.69, 9.17) is 9.47 Å². The van der Waals surface area contributed by atoms with Crippen LogP contribution in [-0.4, -0.2) is 18.5 Å². The van der Waals surface area contributed by atoms with Gasteiger partial charge in [0.1, 0.15) is 0 Å². The minimum Gasteiger partial charge on any atom is -0.465 e. The first-order chi connectivity index (χ1) is 14.6. The van der Waals surface area contributed by atoms with Crippen molar-refractivity contribution in [2.24, 2.45) is 11.8 Å². The lowest BCUT2D eigenvalue weighted by molar-refractivity contribution is -0.158. The molecule has 4 nitrogen and oxygen atoms in total. The molecule has 1 aliphatic rings. The zero-order valence-corrected chi connectivity index (χ0v) is 18.4. The molecule has 1 fully saturated rings. The van der Waals surface area contributed by atoms with Crippen molar-refractivity contribution in [2.45, 2.75) is 90.4 Å². The van der Waals surface area contributed by atoms with Gasteiger partial charge in [-0.1, -0.05) is 83.3 Å². The molecule has 1 saturated carbocycles. The van der Waals surface area contributed by atoms with Crippen LogP contribution in [-0.2, 0) is 14.3 Å². The SMILES string of the molecule is CCCCCCCCCCCOC(=O)C1CCCCC1C(=O)Oc1ccccc1F. The molecule has 0 heterocycles. The van der Waals surface area contributed by atoms with Gasteiger partial charge in [0.05, 0.1) is 18.4 Å². The third kappa shape index (κ3) is 8.45. The van der Waals surface area contributed by atoms with Crippen molar-refractivity contribution < 1.29 is 23.5 Å². The fraction of sp³-hybridized carbons (Fsp3) is 0.680. The molecule has 0 N–H and O–H groups in total. The van der Waals surface area contributed by atoms with E-state index in [0.29, 0.717) is 19.4 Å². The molecule has 30 heavy (non-hydrogen) atoms. The number of ether oxygens (including phenoxy) is 2. The summed E-state index contributed by atoms with van der Waals surface area (Å²) in [5.74, 6) is -2.57. The summed E-state index contributed by atoms with van der Waals surface area (Å²) in [5, 5.41) is 0. The molecule has 0 aromatic heterocycles. The molecule has 0 bridgehead atoms. The van der Waals surface area contributed by atoms with E-state index < -0.39 is 23.6 Å². The number of para-hydroxylation sites is 1. The number of hydrogen-bond acceptors (Lipinski definition) is 4. The maximum atomic E-state index is 13.8. The Morgan fingerprint density at radius 2 is 1.43 bits per heavy atom. The van der Waals surface area contributed by atoms with Crippen LogP contribution in [0.5, 0.6) is 5.75 Å². The zero-order valence-electron chi connectivity index (χ0n) is 18.4. The summed E-state index contributed by atoms with van der Waals surface area (Å²) in [6.07, 6.45) is 13.8. The van der Waals surface area contributed by atoms with E-state index in [-0.39, 0.29) is 11.7 Å². The highest BCUT2D eigenvalue weighted by Gasteiger charge is 2.38. The fourth-order valence-corrected chi connectivity index (χ4v) is 4.10. The molecule has 1 aliphatic carbocycles. The van der Waals surface area contributed by atoms with E-state index in [1.807, 2.05) is 0 Å². The summed E-state index contributed by atoms with van der Waals surface area (Å²) in [6, 6.07) is 5.83. The number of carbonyl (C=O) groups is 2. The molecular formula is C25H37FO4. The molecular weight excluding hydrogens is 383 g/mol. The van der Waals surface area contributed by atoms with Gasteiger partial charge < -0.3 is 9.47 Å². The van der Waals surface area contributed by atoms with E-state index >= 15 is 0 Å². The summed E-state index contributed by atoms with van der Waals surface area (Å²) in [5.41, 5.74) is 0. The largest absolute Gasteiger partial charge is 0.465 e. The van der Waals surface area contributed by atoms with Crippen molar-refractivity contribution >= 4 is 11.9 Å². The van der Waals surface area contributed by atoms with Gasteiger partial charge in [0.25, 0.3) is 0 Å². The summed E-state index contributed by atoms with van der Waals surface area (Å²) >= 11 is 0. The Bertz CT molecular complexity index is 646. The lowest BCUT2D eigenvalue weighted by Crippen LogP contribution is -2.36. The molecule has 2 rings (SSSR count). The molecule has 0 radical (unpaired) electrons. The molecule has 5 heteroatoms. The van der Waals surface area contributed by atoms with Crippen LogP contribution in [0.3, 0.4) is 0 Å². The van der Waals surface area contributed by atoms with Crippen molar-refractivity contribution in [3.05, 3.63) is 30.1 Å². The first kappa shape index (κ1) is 24.4. The average molecular weight is 421 g/mol. The molecule has 1 aromatic rings. The Kier molecular flexibility index (Phi) is 11.5. The second kappa shape index (κ2) is 14.2. The van der Waals surface area contributed by atoms with Gasteiger partial charge in [0.15, 0.2) is 11.6 Å². The van der Waals surface area contributed by atoms with Crippen LogP contribution in [0.15, 0.2) is 24.3 Å². The molecule has 0 amide bonds. The number of halogens is 1. The maximum absolute atomic E-state index is 13.8. The van der Waals surface area contributed by atoms with Gasteiger partial charge in [-0.2, -0.15) is 0 Å². The minimum absolute atomic E-state index is 0.0881. The standard InChI is InChI=1S/C25H37FO4/c1-2-3-4-5-6-7-8-9-14-19-29-24(27)20-15-10-11-16-21(20)25(28)30-23-18-13-12-17-22(23)26/h12-13,17-18,20-21H,2-11,14-16,19H2,1H3. The average Bonchev–Trinajstić information content (AvgIpc) is 2.76. The van der Waals surface area contributed by atoms with Gasteiger partial charge in [-0.05, 0) is 31.4 Å². The monoisotopic (exact) mass is 420 g/mol. The first-order valence-corrected chi connectivity index (χ1v) is 11.8. The van der Waals surface area contributed by atoms with Gasteiger partial charge in [0.2, 0.25) is 0 Å². The van der Waals surface area contributed by atoms with Crippen molar-refractivity contribution in [3.63, 3.8) is 0 Å². The molecule has 1 aromatic carbocycles. The molecule has 2 atom stereocenters. The highest BCUT2D eigenvalue weighted by atomic mass is 19.1. The number of rotatable bonds is 13. The van der Waals surface area contributed by atoms with Crippen molar-refractivity contribution in [2.75, 3.05) is 6.61 Å². The smallest absolute Gasteiger partial charge is 0.315 e. The topological polar surface area (TPSA) is 52.6 Å². The van der Waals surface area contributed by atoms with Crippen molar-refractivity contribution in [1.82, 2.24) is 0 Å². The Hall–Kier alpha value is -1.91. The fourth-order valence-electron chi connectivity index (χ4n) is 4.10. The van der Waals surface area contributed by atoms with E-state index in [1.165, 1.54) is 57.1 Å². The highest BCUT2D eigenvalue weighted by molar-refractivity contribution is 5.83. The lowest BCUT2D eigenvalue weighted by atomic mass is 9.79. The Morgan fingerprint density at radius 1 is 0.867 bits per heavy atom. The van der Waals surface area contributed by atoms with E-state index in [1.54, 1.807) is 12.1 Å². The number of benzene rings is 1. The first-order valence-electron chi connectivity index (χ1n) is 11.8. The number of unbranched alkanes of at least 4 members (excludes halogenated alkanes) is 8. The Labute approximate surface area is 180 Å². The van der Waals surface area contributed by atoms with Gasteiger partial charge in [-0.15, -0.1) is 0 Å². The van der Waals surface area contributed by atoms with Crippen LogP contribution >= 0.6 is 0 Å². The number of carbonyl (C=O) groups excluding carboxylic acids is 2. The quantitative estimate of drug-likeness (QED) is 0.205. The summed E-state index contributed by atoms with van der Waals surface area (Å²) in [6.45, 7) is 2.63. The Balaban J connectivity index is 1.69. The molecule has 0 spiro atoms. The van der Waals surface area contributed by atoms with Crippen LogP contribution in [0.1, 0.15) is 90.4 Å². The summed E-state index contributed by atoms with van der Waals surface area (Å²) in [4.78, 5) is 25.1. The van der Waals surface area contributed by atoms with Gasteiger partial charge in [-0.3, -0.25) is 9.59 Å². The van der Waals surface area contributed by atoms with Crippen LogP contribution in [0.2, 0.25) is 0 Å². The van der Waals surface area contributed by atoms with E-state index in [2.05, 4.69) is 6.92 Å². The molecule has 0 saturated heterocycles. The van der Waals surface area contributed by atoms with Crippen LogP contribution in [0, 0.1) is 17.7 Å². The molecule has 0 aliphatic heterocycles. The second-order valence-corrected chi connectivity index (χ2v) is 8.34. The van der Waals surface area contributed by atoms with E-state index in [0.717, 1.165) is 25.7 Å². The maximum Gasteiger partial charge on any atom is 0.315 e. The van der Waals surface area contributed by atoms with Crippen molar-refractivity contribution in [1.29, 1.82) is 0 Å². The Morgan fingerprint density at radius 3 is 2.07 bits per heavy atom. The number of esters is 2. The summed E-state index contributed by atoms with van der Waals surface area (Å²) < 4.78 is 24.5. The third-order valence-electron chi connectivity index (χ3n) is 5.91. The molecule has 168 valence electrons. The van der Waals surface area contributed by atoms with Crippen LogP contribution < -0.4 is 4.74 Å².